The Labute approximate surface area is 139 Å². The van der Waals surface area contributed by atoms with Gasteiger partial charge in [0, 0.05) is 13.6 Å². The molecule has 0 saturated heterocycles. The average molecular weight is 327 g/mol. The van der Waals surface area contributed by atoms with Gasteiger partial charge in [0.05, 0.1) is 12.1 Å². The molecule has 0 radical (unpaired) electrons. The zero-order valence-corrected chi connectivity index (χ0v) is 14.3. The number of amides is 1. The number of hydrogen-bond donors (Lipinski definition) is 1. The van der Waals surface area contributed by atoms with Gasteiger partial charge in [-0.1, -0.05) is 31.4 Å². The van der Waals surface area contributed by atoms with Crippen molar-refractivity contribution >= 4 is 18.3 Å². The molecule has 1 aromatic carbocycles. The summed E-state index contributed by atoms with van der Waals surface area (Å²) >= 11 is 0. The average Bonchev–Trinajstić information content (AvgIpc) is 2.49. The normalized spacial score (nSPS) is 16.5. The molecule has 1 aliphatic rings. The Hall–Kier alpha value is -1.26. The first-order valence-electron chi connectivity index (χ1n) is 7.81. The minimum atomic E-state index is -0.655. The number of carbonyl (C=O) groups excluding carboxylic acids is 1. The summed E-state index contributed by atoms with van der Waals surface area (Å²) < 4.78 is 5.42. The van der Waals surface area contributed by atoms with Gasteiger partial charge < -0.3 is 15.4 Å². The molecule has 0 spiro atoms. The van der Waals surface area contributed by atoms with Crippen molar-refractivity contribution in [1.29, 1.82) is 0 Å². The fourth-order valence-electron chi connectivity index (χ4n) is 2.98. The molecule has 4 nitrogen and oxygen atoms in total. The van der Waals surface area contributed by atoms with Crippen LogP contribution in [-0.2, 0) is 11.3 Å². The Morgan fingerprint density at radius 1 is 1.23 bits per heavy atom. The summed E-state index contributed by atoms with van der Waals surface area (Å²) in [6.07, 6.45) is 4.91. The maximum Gasteiger partial charge on any atom is 0.242 e. The largest absolute Gasteiger partial charge is 0.494 e. The van der Waals surface area contributed by atoms with Crippen LogP contribution in [0.2, 0.25) is 0 Å². The van der Waals surface area contributed by atoms with Gasteiger partial charge in [0.15, 0.2) is 0 Å². The van der Waals surface area contributed by atoms with Crippen LogP contribution in [0, 0.1) is 0 Å². The summed E-state index contributed by atoms with van der Waals surface area (Å²) in [5.74, 6) is 0.925. The molecule has 1 amide bonds. The van der Waals surface area contributed by atoms with E-state index in [0.29, 0.717) is 13.2 Å². The van der Waals surface area contributed by atoms with Crippen LogP contribution in [0.1, 0.15) is 44.6 Å². The van der Waals surface area contributed by atoms with Crippen LogP contribution in [0.15, 0.2) is 24.3 Å². The lowest BCUT2D eigenvalue weighted by atomic mass is 9.81. The van der Waals surface area contributed by atoms with Gasteiger partial charge in [-0.05, 0) is 37.5 Å². The van der Waals surface area contributed by atoms with E-state index in [9.17, 15) is 4.79 Å². The maximum atomic E-state index is 12.6. The highest BCUT2D eigenvalue weighted by molar-refractivity contribution is 5.86. The second kappa shape index (κ2) is 8.39. The molecule has 22 heavy (non-hydrogen) atoms. The van der Waals surface area contributed by atoms with Gasteiger partial charge in [-0.3, -0.25) is 4.79 Å². The molecular weight excluding hydrogens is 300 g/mol. The van der Waals surface area contributed by atoms with E-state index >= 15 is 0 Å². The van der Waals surface area contributed by atoms with E-state index in [1.165, 1.54) is 6.42 Å². The summed E-state index contributed by atoms with van der Waals surface area (Å²) in [4.78, 5) is 14.3. The van der Waals surface area contributed by atoms with Crippen molar-refractivity contribution in [2.45, 2.75) is 51.1 Å². The smallest absolute Gasteiger partial charge is 0.242 e. The van der Waals surface area contributed by atoms with Crippen molar-refractivity contribution in [3.8, 4) is 5.75 Å². The van der Waals surface area contributed by atoms with E-state index in [2.05, 4.69) is 0 Å². The molecule has 2 N–H and O–H groups in total. The summed E-state index contributed by atoms with van der Waals surface area (Å²) in [6, 6.07) is 7.88. The molecule has 5 heteroatoms. The zero-order valence-electron chi connectivity index (χ0n) is 13.5. The maximum absolute atomic E-state index is 12.6. The Balaban J connectivity index is 0.00000242. The first-order chi connectivity index (χ1) is 10.0. The SMILES string of the molecule is CCOc1ccc(CN(C)C(=O)C2(N)CCCCC2)cc1.Cl. The lowest BCUT2D eigenvalue weighted by Crippen LogP contribution is -2.55. The molecular formula is C17H27ClN2O2. The van der Waals surface area contributed by atoms with Crippen molar-refractivity contribution in [2.75, 3.05) is 13.7 Å². The van der Waals surface area contributed by atoms with Gasteiger partial charge in [0.2, 0.25) is 5.91 Å². The molecule has 2 rings (SSSR count). The highest BCUT2D eigenvalue weighted by Gasteiger charge is 2.37. The number of carbonyl (C=O) groups is 1. The second-order valence-corrected chi connectivity index (χ2v) is 5.95. The molecule has 0 aromatic heterocycles. The number of benzene rings is 1. The van der Waals surface area contributed by atoms with Crippen LogP contribution < -0.4 is 10.5 Å². The van der Waals surface area contributed by atoms with E-state index in [4.69, 9.17) is 10.5 Å². The van der Waals surface area contributed by atoms with E-state index in [0.717, 1.165) is 37.0 Å². The third-order valence-corrected chi connectivity index (χ3v) is 4.17. The first-order valence-corrected chi connectivity index (χ1v) is 7.81. The number of hydrogen-bond acceptors (Lipinski definition) is 3. The Kier molecular flexibility index (Phi) is 7.17. The molecule has 0 unspecified atom stereocenters. The lowest BCUT2D eigenvalue weighted by Gasteiger charge is -2.35. The Bertz CT molecular complexity index is 470. The highest BCUT2D eigenvalue weighted by Crippen LogP contribution is 2.28. The predicted molar refractivity (Wildman–Crippen MR) is 91.3 cm³/mol. The van der Waals surface area contributed by atoms with Crippen LogP contribution in [-0.4, -0.2) is 30.0 Å². The lowest BCUT2D eigenvalue weighted by molar-refractivity contribution is -0.137. The van der Waals surface area contributed by atoms with Gasteiger partial charge in [-0.2, -0.15) is 0 Å². The molecule has 0 bridgehead atoms. The number of halogens is 1. The standard InChI is InChI=1S/C17H26N2O2.ClH/c1-3-21-15-9-7-14(8-10-15)13-19(2)16(20)17(18)11-5-4-6-12-17;/h7-10H,3-6,11-13,18H2,1-2H3;1H. The molecule has 1 saturated carbocycles. The van der Waals surface area contributed by atoms with Crippen LogP contribution in [0.4, 0.5) is 0 Å². The van der Waals surface area contributed by atoms with Gasteiger partial charge in [-0.15, -0.1) is 12.4 Å². The molecule has 0 aliphatic heterocycles. The van der Waals surface area contributed by atoms with Crippen molar-refractivity contribution in [2.24, 2.45) is 5.73 Å². The number of ether oxygens (including phenoxy) is 1. The monoisotopic (exact) mass is 326 g/mol. The second-order valence-electron chi connectivity index (χ2n) is 5.95. The van der Waals surface area contributed by atoms with Crippen LogP contribution >= 0.6 is 12.4 Å². The number of nitrogens with zero attached hydrogens (tertiary/aromatic N) is 1. The fraction of sp³-hybridized carbons (Fsp3) is 0.588. The Morgan fingerprint density at radius 3 is 2.36 bits per heavy atom. The van der Waals surface area contributed by atoms with Crippen LogP contribution in [0.25, 0.3) is 0 Å². The molecule has 1 aliphatic carbocycles. The molecule has 124 valence electrons. The third-order valence-electron chi connectivity index (χ3n) is 4.17. The topological polar surface area (TPSA) is 55.6 Å². The van der Waals surface area contributed by atoms with E-state index in [1.54, 1.807) is 4.90 Å². The van der Waals surface area contributed by atoms with Crippen molar-refractivity contribution < 1.29 is 9.53 Å². The quantitative estimate of drug-likeness (QED) is 0.904. The summed E-state index contributed by atoms with van der Waals surface area (Å²) in [6.45, 7) is 3.21. The van der Waals surface area contributed by atoms with Crippen molar-refractivity contribution in [1.82, 2.24) is 4.90 Å². The minimum absolute atomic E-state index is 0. The van der Waals surface area contributed by atoms with Crippen molar-refractivity contribution in [3.05, 3.63) is 29.8 Å². The van der Waals surface area contributed by atoms with Gasteiger partial charge in [0.25, 0.3) is 0 Å². The van der Waals surface area contributed by atoms with E-state index in [1.807, 2.05) is 38.2 Å². The summed E-state index contributed by atoms with van der Waals surface area (Å²) in [5.41, 5.74) is 6.75. The molecule has 1 fully saturated rings. The summed E-state index contributed by atoms with van der Waals surface area (Å²) in [5, 5.41) is 0. The summed E-state index contributed by atoms with van der Waals surface area (Å²) in [7, 11) is 1.84. The molecule has 0 atom stereocenters. The highest BCUT2D eigenvalue weighted by atomic mass is 35.5. The zero-order chi connectivity index (χ0) is 15.3. The van der Waals surface area contributed by atoms with E-state index in [-0.39, 0.29) is 18.3 Å². The van der Waals surface area contributed by atoms with Crippen LogP contribution in [0.3, 0.4) is 0 Å². The Morgan fingerprint density at radius 2 is 1.82 bits per heavy atom. The van der Waals surface area contributed by atoms with E-state index < -0.39 is 5.54 Å². The molecule has 1 aromatic rings. The predicted octanol–water partition coefficient (Wildman–Crippen LogP) is 3.13. The third kappa shape index (κ3) is 4.62. The number of nitrogens with two attached hydrogens (primary N) is 1. The fourth-order valence-corrected chi connectivity index (χ4v) is 2.98. The first kappa shape index (κ1) is 18.8. The number of rotatable bonds is 5. The minimum Gasteiger partial charge on any atom is -0.494 e. The van der Waals surface area contributed by atoms with Gasteiger partial charge >= 0.3 is 0 Å². The molecule has 0 heterocycles. The van der Waals surface area contributed by atoms with Gasteiger partial charge in [-0.25, -0.2) is 0 Å². The van der Waals surface area contributed by atoms with Crippen LogP contribution in [0.5, 0.6) is 5.75 Å². The van der Waals surface area contributed by atoms with Crippen molar-refractivity contribution in [3.63, 3.8) is 0 Å². The number of likely N-dealkylation sites (N-methyl/N-ethyl adjacent to an activating group) is 1. The van der Waals surface area contributed by atoms with Gasteiger partial charge in [0.1, 0.15) is 5.75 Å².